The molecule has 0 saturated carbocycles. The third-order valence-electron chi connectivity index (χ3n) is 13.7. The Morgan fingerprint density at radius 2 is 0.556 bits per heavy atom. The highest BCUT2D eigenvalue weighted by Gasteiger charge is 2.19. The van der Waals surface area contributed by atoms with Gasteiger partial charge >= 0.3 is 17.9 Å². The van der Waals surface area contributed by atoms with Gasteiger partial charge in [-0.3, -0.25) is 14.4 Å². The maximum atomic E-state index is 12.6. The fraction of sp³-hybridized carbons (Fsp3) is 0.947. The van der Waals surface area contributed by atoms with Gasteiger partial charge in [-0.15, -0.1) is 0 Å². The van der Waals surface area contributed by atoms with Gasteiger partial charge in [-0.05, 0) is 31.1 Å². The van der Waals surface area contributed by atoms with Crippen molar-refractivity contribution in [3.8, 4) is 0 Å². The minimum absolute atomic E-state index is 0.0645. The predicted octanol–water partition coefficient (Wildman–Crippen LogP) is 18.5. The van der Waals surface area contributed by atoms with E-state index in [0.717, 1.165) is 76.0 Å². The average Bonchev–Trinajstić information content (AvgIpc) is 3.28. The van der Waals surface area contributed by atoms with Gasteiger partial charge < -0.3 is 14.2 Å². The smallest absolute Gasteiger partial charge is 0.306 e. The van der Waals surface area contributed by atoms with Crippen LogP contribution in [0.25, 0.3) is 0 Å². The fourth-order valence-corrected chi connectivity index (χ4v) is 8.63. The van der Waals surface area contributed by atoms with Crippen LogP contribution in [0.1, 0.15) is 317 Å². The van der Waals surface area contributed by atoms with Crippen LogP contribution < -0.4 is 0 Å². The first-order valence-corrected chi connectivity index (χ1v) is 28.3. The van der Waals surface area contributed by atoms with Crippen LogP contribution in [0.15, 0.2) is 0 Å². The Morgan fingerprint density at radius 3 is 0.825 bits per heavy atom. The van der Waals surface area contributed by atoms with Crippen LogP contribution in [-0.2, 0) is 28.6 Å². The van der Waals surface area contributed by atoms with Gasteiger partial charge in [0.05, 0.1) is 0 Å². The number of carbonyl (C=O) groups excluding carboxylic acids is 3. The summed E-state index contributed by atoms with van der Waals surface area (Å²) in [6.45, 7) is 11.4. The molecule has 0 heterocycles. The number of rotatable bonds is 51. The maximum absolute atomic E-state index is 12.6. The monoisotopic (exact) mass is 891 g/mol. The highest BCUT2D eigenvalue weighted by molar-refractivity contribution is 5.71. The number of hydrogen-bond acceptors (Lipinski definition) is 6. The summed E-state index contributed by atoms with van der Waals surface area (Å²) in [5, 5.41) is 0. The molecule has 6 heteroatoms. The van der Waals surface area contributed by atoms with Crippen molar-refractivity contribution in [3.63, 3.8) is 0 Å². The van der Waals surface area contributed by atoms with Crippen molar-refractivity contribution in [1.29, 1.82) is 0 Å². The van der Waals surface area contributed by atoms with E-state index in [0.29, 0.717) is 19.3 Å². The lowest BCUT2D eigenvalue weighted by molar-refractivity contribution is -0.167. The number of carbonyl (C=O) groups is 3. The molecule has 6 nitrogen and oxygen atoms in total. The van der Waals surface area contributed by atoms with Crippen LogP contribution in [-0.4, -0.2) is 37.2 Å². The molecule has 0 N–H and O–H groups in total. The zero-order chi connectivity index (χ0) is 46.1. The Balaban J connectivity index is 3.99. The highest BCUT2D eigenvalue weighted by atomic mass is 16.6. The molecule has 0 fully saturated rings. The molecule has 0 aromatic rings. The molecule has 0 bridgehead atoms. The summed E-state index contributed by atoms with van der Waals surface area (Å²) in [7, 11) is 0. The number of esters is 3. The molecule has 0 aromatic carbocycles. The summed E-state index contributed by atoms with van der Waals surface area (Å²) in [6.07, 6.45) is 52.7. The molecule has 2 unspecified atom stereocenters. The standard InChI is InChI=1S/C57H110O6/c1-6-9-10-35-44-49-57(60)63-54(51-62-56(59)48-43-39-34-30-26-22-18-17-20-24-28-32-37-41-46-53(5)8-3)50-61-55(58)47-42-38-33-29-25-21-16-14-12-11-13-15-19-23-27-31-36-40-45-52(4)7-2/h52-54H,6-51H2,1-5H3/t52?,53?,54-/m0/s1. The van der Waals surface area contributed by atoms with Gasteiger partial charge in [0.15, 0.2) is 6.10 Å². The number of hydrogen-bond donors (Lipinski definition) is 0. The summed E-state index contributed by atoms with van der Waals surface area (Å²) >= 11 is 0. The third-order valence-corrected chi connectivity index (χ3v) is 13.7. The van der Waals surface area contributed by atoms with Crippen molar-refractivity contribution in [2.75, 3.05) is 13.2 Å². The second-order valence-corrected chi connectivity index (χ2v) is 20.1. The van der Waals surface area contributed by atoms with Gasteiger partial charge in [0.25, 0.3) is 0 Å². The first-order valence-electron chi connectivity index (χ1n) is 28.3. The largest absolute Gasteiger partial charge is 0.462 e. The second kappa shape index (κ2) is 49.8. The van der Waals surface area contributed by atoms with Gasteiger partial charge in [0, 0.05) is 19.3 Å². The minimum Gasteiger partial charge on any atom is -0.462 e. The van der Waals surface area contributed by atoms with E-state index in [1.165, 1.54) is 199 Å². The minimum atomic E-state index is -0.760. The summed E-state index contributed by atoms with van der Waals surface area (Å²) < 4.78 is 16.7. The maximum Gasteiger partial charge on any atom is 0.306 e. The molecule has 0 aliphatic heterocycles. The van der Waals surface area contributed by atoms with E-state index in [1.807, 2.05) is 0 Å². The van der Waals surface area contributed by atoms with E-state index >= 15 is 0 Å². The van der Waals surface area contributed by atoms with Crippen molar-refractivity contribution in [1.82, 2.24) is 0 Å². The Morgan fingerprint density at radius 1 is 0.317 bits per heavy atom. The second-order valence-electron chi connectivity index (χ2n) is 20.1. The molecule has 0 saturated heterocycles. The molecule has 63 heavy (non-hydrogen) atoms. The van der Waals surface area contributed by atoms with Crippen molar-refractivity contribution in [3.05, 3.63) is 0 Å². The lowest BCUT2D eigenvalue weighted by atomic mass is 9.99. The number of unbranched alkanes of at least 4 members (excludes halogenated alkanes) is 34. The Bertz CT molecular complexity index is 966. The van der Waals surface area contributed by atoms with Crippen LogP contribution in [0.2, 0.25) is 0 Å². The zero-order valence-corrected chi connectivity index (χ0v) is 43.2. The van der Waals surface area contributed by atoms with Gasteiger partial charge in [-0.2, -0.15) is 0 Å². The fourth-order valence-electron chi connectivity index (χ4n) is 8.63. The lowest BCUT2D eigenvalue weighted by Gasteiger charge is -2.18. The summed E-state index contributed by atoms with van der Waals surface area (Å²) in [6, 6.07) is 0. The molecule has 374 valence electrons. The van der Waals surface area contributed by atoms with E-state index in [1.54, 1.807) is 0 Å². The summed E-state index contributed by atoms with van der Waals surface area (Å²) in [5.41, 5.74) is 0. The molecule has 0 aliphatic carbocycles. The van der Waals surface area contributed by atoms with Crippen molar-refractivity contribution < 1.29 is 28.6 Å². The van der Waals surface area contributed by atoms with Crippen molar-refractivity contribution >= 4 is 17.9 Å². The summed E-state index contributed by atoms with van der Waals surface area (Å²) in [5.74, 6) is 0.948. The molecule has 0 rings (SSSR count). The van der Waals surface area contributed by atoms with E-state index in [4.69, 9.17) is 14.2 Å². The van der Waals surface area contributed by atoms with Crippen molar-refractivity contribution in [2.24, 2.45) is 11.8 Å². The van der Waals surface area contributed by atoms with Crippen LogP contribution >= 0.6 is 0 Å². The zero-order valence-electron chi connectivity index (χ0n) is 43.2. The molecule has 3 atom stereocenters. The van der Waals surface area contributed by atoms with Crippen molar-refractivity contribution in [2.45, 2.75) is 323 Å². The van der Waals surface area contributed by atoms with Crippen LogP contribution in [0.3, 0.4) is 0 Å². The first kappa shape index (κ1) is 61.4. The van der Waals surface area contributed by atoms with E-state index < -0.39 is 6.10 Å². The molecule has 0 amide bonds. The average molecular weight is 892 g/mol. The molecule has 0 aromatic heterocycles. The quantitative estimate of drug-likeness (QED) is 0.0344. The SMILES string of the molecule is CCCCCCCC(=O)O[C@@H](COC(=O)CCCCCCCCCCCCCCCCCCCCC(C)CC)COC(=O)CCCCCCCCCCCCCCCCC(C)CC. The third kappa shape index (κ3) is 48.2. The first-order chi connectivity index (χ1) is 30.8. The van der Waals surface area contributed by atoms with Crippen LogP contribution in [0.4, 0.5) is 0 Å². The van der Waals surface area contributed by atoms with Gasteiger partial charge in [0.1, 0.15) is 13.2 Å². The molecule has 0 radical (unpaired) electrons. The molecule has 0 spiro atoms. The van der Waals surface area contributed by atoms with E-state index in [9.17, 15) is 14.4 Å². The van der Waals surface area contributed by atoms with Gasteiger partial charge in [-0.25, -0.2) is 0 Å². The predicted molar refractivity (Wildman–Crippen MR) is 270 cm³/mol. The van der Waals surface area contributed by atoms with Gasteiger partial charge in [-0.1, -0.05) is 279 Å². The molecule has 0 aliphatic rings. The highest BCUT2D eigenvalue weighted by Crippen LogP contribution is 2.19. The normalized spacial score (nSPS) is 12.9. The Labute approximate surface area is 393 Å². The van der Waals surface area contributed by atoms with Gasteiger partial charge in [0.2, 0.25) is 0 Å². The molecular formula is C57H110O6. The van der Waals surface area contributed by atoms with E-state index in [2.05, 4.69) is 34.6 Å². The topological polar surface area (TPSA) is 78.9 Å². The Hall–Kier alpha value is -1.59. The molecular weight excluding hydrogens is 781 g/mol. The lowest BCUT2D eigenvalue weighted by Crippen LogP contribution is -2.30. The Kier molecular flexibility index (Phi) is 48.6. The number of ether oxygens (including phenoxy) is 3. The van der Waals surface area contributed by atoms with Crippen LogP contribution in [0.5, 0.6) is 0 Å². The van der Waals surface area contributed by atoms with Crippen LogP contribution in [0, 0.1) is 11.8 Å². The van der Waals surface area contributed by atoms with E-state index in [-0.39, 0.29) is 31.1 Å². The summed E-state index contributed by atoms with van der Waals surface area (Å²) in [4.78, 5) is 37.7.